The molecule has 1 heterocycles. The predicted molar refractivity (Wildman–Crippen MR) is 69.1 cm³/mol. The van der Waals surface area contributed by atoms with Crippen LogP contribution in [-0.4, -0.2) is 16.3 Å². The van der Waals surface area contributed by atoms with Crippen LogP contribution in [0.3, 0.4) is 0 Å². The Kier molecular flexibility index (Phi) is 3.19. The number of aryl methyl sites for hydroxylation is 2. The summed E-state index contributed by atoms with van der Waals surface area (Å²) in [4.78, 5) is 8.35. The second kappa shape index (κ2) is 4.78. The summed E-state index contributed by atoms with van der Waals surface area (Å²) in [7, 11) is 0. The molecule has 17 heavy (non-hydrogen) atoms. The molecule has 2 aromatic rings. The molecule has 0 atom stereocenters. The lowest BCUT2D eigenvalue weighted by Crippen LogP contribution is -1.84. The van der Waals surface area contributed by atoms with Gasteiger partial charge in [0.15, 0.2) is 5.82 Å². The molecule has 0 spiro atoms. The van der Waals surface area contributed by atoms with Crippen LogP contribution < -0.4 is 0 Å². The van der Waals surface area contributed by atoms with Gasteiger partial charge in [0.2, 0.25) is 0 Å². The molecule has 1 aromatic heterocycles. The van der Waals surface area contributed by atoms with Gasteiger partial charge in [-0.3, -0.25) is 0 Å². The lowest BCUT2D eigenvalue weighted by Gasteiger charge is -1.99. The van der Waals surface area contributed by atoms with Gasteiger partial charge in [-0.25, -0.2) is 9.98 Å². The summed E-state index contributed by atoms with van der Waals surface area (Å²) in [5, 5.41) is 9.71. The lowest BCUT2D eigenvalue weighted by molar-refractivity contribution is 0.474. The zero-order valence-corrected chi connectivity index (χ0v) is 9.88. The van der Waals surface area contributed by atoms with Gasteiger partial charge in [-0.1, -0.05) is 6.07 Å². The number of hydrogen-bond acceptors (Lipinski definition) is 3. The number of rotatable bonds is 2. The van der Waals surface area contributed by atoms with Crippen molar-refractivity contribution in [2.24, 2.45) is 4.99 Å². The minimum atomic E-state index is 0.237. The fourth-order valence-electron chi connectivity index (χ4n) is 1.49. The highest BCUT2D eigenvalue weighted by Gasteiger charge is 1.98. The monoisotopic (exact) mass is 226 g/mol. The Morgan fingerprint density at radius 1 is 1.12 bits per heavy atom. The Balaban J connectivity index is 2.26. The molecule has 1 N–H and O–H groups in total. The first-order chi connectivity index (χ1) is 8.15. The van der Waals surface area contributed by atoms with Gasteiger partial charge < -0.3 is 5.11 Å². The highest BCUT2D eigenvalue weighted by Crippen LogP contribution is 2.17. The summed E-state index contributed by atoms with van der Waals surface area (Å²) in [6, 6.07) is 9.30. The molecule has 3 heteroatoms. The number of pyridine rings is 1. The van der Waals surface area contributed by atoms with Crippen molar-refractivity contribution in [3.05, 3.63) is 53.2 Å². The van der Waals surface area contributed by atoms with E-state index < -0.39 is 0 Å². The topological polar surface area (TPSA) is 45.5 Å². The van der Waals surface area contributed by atoms with E-state index in [2.05, 4.69) is 9.98 Å². The second-order valence-corrected chi connectivity index (χ2v) is 4.01. The third-order valence-electron chi connectivity index (χ3n) is 2.42. The van der Waals surface area contributed by atoms with E-state index in [1.165, 1.54) is 0 Å². The number of hydrogen-bond donors (Lipinski definition) is 1. The summed E-state index contributed by atoms with van der Waals surface area (Å²) in [5.41, 5.74) is 2.83. The van der Waals surface area contributed by atoms with Crippen molar-refractivity contribution in [3.63, 3.8) is 0 Å². The Morgan fingerprint density at radius 2 is 1.88 bits per heavy atom. The van der Waals surface area contributed by atoms with E-state index >= 15 is 0 Å². The van der Waals surface area contributed by atoms with Crippen LogP contribution in [0.5, 0.6) is 5.75 Å². The molecule has 1 aromatic carbocycles. The Hall–Kier alpha value is -2.16. The summed E-state index contributed by atoms with van der Waals surface area (Å²) >= 11 is 0. The number of benzene rings is 1. The maximum Gasteiger partial charge on any atom is 0.151 e. The molecule has 0 saturated carbocycles. The standard InChI is InChI=1S/C14H14N2O/c1-10-3-4-12(13(17)7-10)9-16-14-8-11(2)5-6-15-14/h3-9,17H,1-2H3. The quantitative estimate of drug-likeness (QED) is 0.799. The van der Waals surface area contributed by atoms with Gasteiger partial charge in [-0.15, -0.1) is 0 Å². The van der Waals surface area contributed by atoms with Crippen LogP contribution in [0.2, 0.25) is 0 Å². The summed E-state index contributed by atoms with van der Waals surface area (Å²) in [6.07, 6.45) is 3.34. The summed E-state index contributed by atoms with van der Waals surface area (Å²) in [6.45, 7) is 3.92. The molecule has 0 radical (unpaired) electrons. The largest absolute Gasteiger partial charge is 0.507 e. The fourth-order valence-corrected chi connectivity index (χ4v) is 1.49. The molecule has 0 fully saturated rings. The predicted octanol–water partition coefficient (Wildman–Crippen LogP) is 3.15. The summed E-state index contributed by atoms with van der Waals surface area (Å²) in [5.74, 6) is 0.881. The van der Waals surface area contributed by atoms with Crippen LogP contribution >= 0.6 is 0 Å². The van der Waals surface area contributed by atoms with Crippen molar-refractivity contribution in [1.82, 2.24) is 4.98 Å². The van der Waals surface area contributed by atoms with Gasteiger partial charge in [0.1, 0.15) is 5.75 Å². The third-order valence-corrected chi connectivity index (χ3v) is 2.42. The molecule has 0 unspecified atom stereocenters. The van der Waals surface area contributed by atoms with E-state index in [9.17, 15) is 5.11 Å². The van der Waals surface area contributed by atoms with E-state index in [-0.39, 0.29) is 5.75 Å². The molecule has 2 rings (SSSR count). The smallest absolute Gasteiger partial charge is 0.151 e. The van der Waals surface area contributed by atoms with Crippen LogP contribution in [0.4, 0.5) is 5.82 Å². The van der Waals surface area contributed by atoms with Crippen LogP contribution in [0.1, 0.15) is 16.7 Å². The molecular formula is C14H14N2O. The zero-order chi connectivity index (χ0) is 12.3. The number of aromatic hydroxyl groups is 1. The van der Waals surface area contributed by atoms with E-state index in [1.54, 1.807) is 18.5 Å². The lowest BCUT2D eigenvalue weighted by atomic mass is 10.1. The highest BCUT2D eigenvalue weighted by molar-refractivity contribution is 5.85. The number of aliphatic imine (C=N–C) groups is 1. The number of phenols is 1. The zero-order valence-electron chi connectivity index (χ0n) is 9.88. The number of aromatic nitrogens is 1. The maximum absolute atomic E-state index is 9.71. The minimum Gasteiger partial charge on any atom is -0.507 e. The second-order valence-electron chi connectivity index (χ2n) is 4.01. The Bertz CT molecular complexity index is 562. The van der Waals surface area contributed by atoms with Crippen molar-refractivity contribution >= 4 is 12.0 Å². The van der Waals surface area contributed by atoms with E-state index in [1.807, 2.05) is 38.1 Å². The SMILES string of the molecule is Cc1ccnc(N=Cc2ccc(C)cc2O)c1. The highest BCUT2D eigenvalue weighted by atomic mass is 16.3. The van der Waals surface area contributed by atoms with Gasteiger partial charge in [-0.05, 0) is 49.2 Å². The molecule has 0 aliphatic rings. The van der Waals surface area contributed by atoms with Crippen molar-refractivity contribution in [3.8, 4) is 5.75 Å². The molecule has 86 valence electrons. The molecule has 0 amide bonds. The summed E-state index contributed by atoms with van der Waals surface area (Å²) < 4.78 is 0. The van der Waals surface area contributed by atoms with E-state index in [4.69, 9.17) is 0 Å². The van der Waals surface area contributed by atoms with Crippen LogP contribution in [0, 0.1) is 13.8 Å². The first-order valence-corrected chi connectivity index (χ1v) is 5.41. The van der Waals surface area contributed by atoms with Crippen LogP contribution in [-0.2, 0) is 0 Å². The van der Waals surface area contributed by atoms with Crippen molar-refractivity contribution in [1.29, 1.82) is 0 Å². The van der Waals surface area contributed by atoms with Crippen LogP contribution in [0.25, 0.3) is 0 Å². The van der Waals surface area contributed by atoms with Crippen LogP contribution in [0.15, 0.2) is 41.5 Å². The van der Waals surface area contributed by atoms with Crippen molar-refractivity contribution in [2.75, 3.05) is 0 Å². The normalized spacial score (nSPS) is 10.9. The Morgan fingerprint density at radius 3 is 2.59 bits per heavy atom. The molecule has 0 saturated heterocycles. The molecule has 3 nitrogen and oxygen atoms in total. The average molecular weight is 226 g/mol. The fraction of sp³-hybridized carbons (Fsp3) is 0.143. The van der Waals surface area contributed by atoms with Gasteiger partial charge in [0, 0.05) is 18.0 Å². The molecule has 0 aliphatic carbocycles. The van der Waals surface area contributed by atoms with Gasteiger partial charge in [-0.2, -0.15) is 0 Å². The van der Waals surface area contributed by atoms with E-state index in [0.29, 0.717) is 11.4 Å². The van der Waals surface area contributed by atoms with Crippen molar-refractivity contribution in [2.45, 2.75) is 13.8 Å². The van der Waals surface area contributed by atoms with E-state index in [0.717, 1.165) is 11.1 Å². The first-order valence-electron chi connectivity index (χ1n) is 5.41. The maximum atomic E-state index is 9.71. The molecule has 0 bridgehead atoms. The number of phenolic OH excluding ortho intramolecular Hbond substituents is 1. The third kappa shape index (κ3) is 2.91. The van der Waals surface area contributed by atoms with Gasteiger partial charge in [0.05, 0.1) is 0 Å². The Labute approximate surface area is 100 Å². The van der Waals surface area contributed by atoms with Gasteiger partial charge in [0.25, 0.3) is 0 Å². The molecule has 0 aliphatic heterocycles. The molecular weight excluding hydrogens is 212 g/mol. The van der Waals surface area contributed by atoms with Gasteiger partial charge >= 0.3 is 0 Å². The minimum absolute atomic E-state index is 0.237. The first kappa shape index (κ1) is 11.3. The average Bonchev–Trinajstić information content (AvgIpc) is 2.28. The number of nitrogens with zero attached hydrogens (tertiary/aromatic N) is 2. The van der Waals surface area contributed by atoms with Crippen molar-refractivity contribution < 1.29 is 5.11 Å².